The highest BCUT2D eigenvalue weighted by molar-refractivity contribution is 5.39. The molecule has 3 heteroatoms. The molecule has 0 radical (unpaired) electrons. The van der Waals surface area contributed by atoms with E-state index in [0.29, 0.717) is 36.0 Å². The monoisotopic (exact) mass is 458 g/mol. The van der Waals surface area contributed by atoms with Crippen molar-refractivity contribution in [2.45, 2.75) is 115 Å². The van der Waals surface area contributed by atoms with E-state index in [4.69, 9.17) is 4.74 Å². The zero-order valence-corrected chi connectivity index (χ0v) is 20.7. The Morgan fingerprint density at radius 2 is 1.79 bits per heavy atom. The molecule has 3 aliphatic rings. The van der Waals surface area contributed by atoms with E-state index in [1.165, 1.54) is 38.5 Å². The zero-order chi connectivity index (χ0) is 23.2. The largest absolute Gasteiger partial charge is 0.374 e. The first-order valence-corrected chi connectivity index (χ1v) is 13.8. The highest BCUT2D eigenvalue weighted by Gasteiger charge is 2.38. The van der Waals surface area contributed by atoms with Crippen LogP contribution in [0.3, 0.4) is 0 Å². The van der Waals surface area contributed by atoms with Crippen molar-refractivity contribution in [3.05, 3.63) is 47.0 Å². The van der Waals surface area contributed by atoms with Crippen LogP contribution < -0.4 is 0 Å². The molecule has 5 atom stereocenters. The average molecular weight is 459 g/mol. The van der Waals surface area contributed by atoms with Crippen molar-refractivity contribution in [3.63, 3.8) is 0 Å². The summed E-state index contributed by atoms with van der Waals surface area (Å²) in [5.74, 6) is 1.39. The number of ether oxygens (including phenoxy) is 1. The molecule has 0 amide bonds. The molecule has 1 aromatic rings. The quantitative estimate of drug-likeness (QED) is 0.252. The van der Waals surface area contributed by atoms with Crippen molar-refractivity contribution in [3.8, 4) is 0 Å². The molecule has 2 fully saturated rings. The van der Waals surface area contributed by atoms with Gasteiger partial charge in [0.05, 0.1) is 12.7 Å². The molecule has 1 aromatic carbocycles. The second-order valence-electron chi connectivity index (χ2n) is 11.1. The van der Waals surface area contributed by atoms with Gasteiger partial charge in [-0.15, -0.1) is 6.58 Å². The van der Waals surface area contributed by atoms with Gasteiger partial charge in [-0.1, -0.05) is 51.5 Å². The van der Waals surface area contributed by atoms with Crippen LogP contribution in [-0.2, 0) is 17.6 Å². The number of rotatable bonds is 10. The maximum Gasteiger partial charge on any atom is 0.133 e. The van der Waals surface area contributed by atoms with Gasteiger partial charge in [0.2, 0.25) is 0 Å². The molecule has 0 saturated heterocycles. The van der Waals surface area contributed by atoms with Gasteiger partial charge in [0.1, 0.15) is 11.6 Å². The third kappa shape index (κ3) is 6.08. The van der Waals surface area contributed by atoms with Crippen LogP contribution in [0.15, 0.2) is 18.7 Å². The van der Waals surface area contributed by atoms with E-state index in [-0.39, 0.29) is 17.6 Å². The minimum Gasteiger partial charge on any atom is -0.374 e. The molecule has 0 spiro atoms. The number of halogens is 2. The number of unbranched alkanes of at least 4 members (excludes halogenated alkanes) is 4. The summed E-state index contributed by atoms with van der Waals surface area (Å²) in [6.07, 6.45) is 18.7. The lowest BCUT2D eigenvalue weighted by atomic mass is 9.65. The fourth-order valence-electron chi connectivity index (χ4n) is 7.06. The Morgan fingerprint density at radius 1 is 1.00 bits per heavy atom. The maximum atomic E-state index is 15.7. The van der Waals surface area contributed by atoms with Crippen molar-refractivity contribution < 1.29 is 13.5 Å². The Labute approximate surface area is 200 Å². The van der Waals surface area contributed by atoms with Crippen molar-refractivity contribution in [1.29, 1.82) is 0 Å². The molecule has 2 saturated carbocycles. The van der Waals surface area contributed by atoms with E-state index in [9.17, 15) is 0 Å². The number of hydrogen-bond donors (Lipinski definition) is 0. The topological polar surface area (TPSA) is 9.23 Å². The van der Waals surface area contributed by atoms with E-state index >= 15 is 8.78 Å². The molecule has 5 unspecified atom stereocenters. The van der Waals surface area contributed by atoms with Crippen LogP contribution in [0, 0.1) is 29.4 Å². The zero-order valence-electron chi connectivity index (χ0n) is 20.7. The van der Waals surface area contributed by atoms with Crippen molar-refractivity contribution in [2.24, 2.45) is 17.8 Å². The molecular formula is C30H44F2O. The maximum absolute atomic E-state index is 15.7. The van der Waals surface area contributed by atoms with Gasteiger partial charge in [-0.2, -0.15) is 0 Å². The first kappa shape index (κ1) is 24.9. The highest BCUT2D eigenvalue weighted by atomic mass is 19.1. The Morgan fingerprint density at radius 3 is 2.61 bits per heavy atom. The van der Waals surface area contributed by atoms with Crippen LogP contribution in [-0.4, -0.2) is 12.7 Å². The summed E-state index contributed by atoms with van der Waals surface area (Å²) in [5, 5.41) is 0. The highest BCUT2D eigenvalue weighted by Crippen LogP contribution is 2.48. The molecule has 0 heterocycles. The fraction of sp³-hybridized carbons (Fsp3) is 0.733. The summed E-state index contributed by atoms with van der Waals surface area (Å²) < 4.78 is 36.9. The summed E-state index contributed by atoms with van der Waals surface area (Å²) in [6, 6.07) is 1.71. The molecule has 0 aromatic heterocycles. The molecule has 0 aliphatic heterocycles. The van der Waals surface area contributed by atoms with Gasteiger partial charge in [-0.05, 0) is 98.7 Å². The van der Waals surface area contributed by atoms with Gasteiger partial charge in [-0.3, -0.25) is 0 Å². The van der Waals surface area contributed by atoms with Crippen LogP contribution in [0.5, 0.6) is 0 Å². The lowest BCUT2D eigenvalue weighted by Crippen LogP contribution is -2.34. The lowest BCUT2D eigenvalue weighted by molar-refractivity contribution is -0.00341. The van der Waals surface area contributed by atoms with Crippen LogP contribution in [0.25, 0.3) is 0 Å². The predicted octanol–water partition coefficient (Wildman–Crippen LogP) is 8.69. The molecule has 0 bridgehead atoms. The Balaban J connectivity index is 1.37. The summed E-state index contributed by atoms with van der Waals surface area (Å²) in [4.78, 5) is 0. The first-order chi connectivity index (χ1) is 16.1. The van der Waals surface area contributed by atoms with Crippen LogP contribution in [0.2, 0.25) is 0 Å². The number of hydrogen-bond acceptors (Lipinski definition) is 1. The Hall–Kier alpha value is -1.22. The number of benzene rings is 1. The summed E-state index contributed by atoms with van der Waals surface area (Å²) in [5.41, 5.74) is 2.19. The molecule has 4 rings (SSSR count). The smallest absolute Gasteiger partial charge is 0.133 e. The van der Waals surface area contributed by atoms with E-state index in [0.717, 1.165) is 68.9 Å². The van der Waals surface area contributed by atoms with Crippen molar-refractivity contribution >= 4 is 0 Å². The van der Waals surface area contributed by atoms with Gasteiger partial charge in [-0.25, -0.2) is 8.78 Å². The third-order valence-corrected chi connectivity index (χ3v) is 8.90. The first-order valence-electron chi connectivity index (χ1n) is 13.8. The standard InChI is InChI=1S/C30H44F2O/c1-3-5-6-7-8-9-21-10-15-27-25(17-21)20-28(31)29(30(27)32)24-12-11-23-19-26(33-16-4-2)14-13-22(23)18-24/h4,20-24,26H,2-3,5-19H2,1H3. The SMILES string of the molecule is C=CCOC1CCC2CC(c3c(F)cc4c(c3F)CCC(CCCCCCC)C4)CCC2C1. The van der Waals surface area contributed by atoms with Gasteiger partial charge in [0.15, 0.2) is 0 Å². The fourth-order valence-corrected chi connectivity index (χ4v) is 7.06. The van der Waals surface area contributed by atoms with Crippen molar-refractivity contribution in [2.75, 3.05) is 6.61 Å². The van der Waals surface area contributed by atoms with Gasteiger partial charge >= 0.3 is 0 Å². The normalized spacial score (nSPS) is 29.4. The summed E-state index contributed by atoms with van der Waals surface area (Å²) in [6.45, 7) is 6.61. The van der Waals surface area contributed by atoms with Gasteiger partial charge < -0.3 is 4.74 Å². The average Bonchev–Trinajstić information content (AvgIpc) is 2.82. The summed E-state index contributed by atoms with van der Waals surface area (Å²) in [7, 11) is 0. The van der Waals surface area contributed by atoms with E-state index in [1.807, 2.05) is 6.08 Å². The second kappa shape index (κ2) is 12.0. The molecule has 184 valence electrons. The van der Waals surface area contributed by atoms with E-state index < -0.39 is 0 Å². The molecule has 0 N–H and O–H groups in total. The van der Waals surface area contributed by atoms with Gasteiger partial charge in [0, 0.05) is 5.56 Å². The minimum atomic E-state index is -0.277. The Bertz CT molecular complexity index is 788. The van der Waals surface area contributed by atoms with E-state index in [1.54, 1.807) is 6.07 Å². The van der Waals surface area contributed by atoms with Crippen LogP contribution in [0.1, 0.15) is 113 Å². The molecule has 1 nitrogen and oxygen atoms in total. The predicted molar refractivity (Wildman–Crippen MR) is 133 cm³/mol. The summed E-state index contributed by atoms with van der Waals surface area (Å²) >= 11 is 0. The van der Waals surface area contributed by atoms with Crippen LogP contribution in [0.4, 0.5) is 8.78 Å². The van der Waals surface area contributed by atoms with Crippen molar-refractivity contribution in [1.82, 2.24) is 0 Å². The molecular weight excluding hydrogens is 414 g/mol. The lowest BCUT2D eigenvalue weighted by Gasteiger charge is -2.42. The molecule has 3 aliphatic carbocycles. The number of fused-ring (bicyclic) bond motifs is 2. The second-order valence-corrected chi connectivity index (χ2v) is 11.1. The third-order valence-electron chi connectivity index (χ3n) is 8.90. The van der Waals surface area contributed by atoms with Crippen LogP contribution >= 0.6 is 0 Å². The Kier molecular flexibility index (Phi) is 9.02. The minimum absolute atomic E-state index is 0.0403. The van der Waals surface area contributed by atoms with E-state index in [2.05, 4.69) is 13.5 Å². The van der Waals surface area contributed by atoms with Gasteiger partial charge in [0.25, 0.3) is 0 Å². The molecule has 33 heavy (non-hydrogen) atoms.